The smallest absolute Gasteiger partial charge is 0.227 e. The van der Waals surface area contributed by atoms with Crippen molar-refractivity contribution in [3.05, 3.63) is 60.3 Å². The molecule has 3 aromatic rings. The van der Waals surface area contributed by atoms with Crippen molar-refractivity contribution >= 4 is 23.2 Å². The summed E-state index contributed by atoms with van der Waals surface area (Å²) < 4.78 is 11.1. The first-order valence-electron chi connectivity index (χ1n) is 12.0. The quantitative estimate of drug-likeness (QED) is 0.440. The lowest BCUT2D eigenvalue weighted by molar-refractivity contribution is -0.124. The number of carbonyl (C=O) groups is 1. The van der Waals surface area contributed by atoms with Gasteiger partial charge >= 0.3 is 0 Å². The van der Waals surface area contributed by atoms with E-state index >= 15 is 0 Å². The first-order valence-corrected chi connectivity index (χ1v) is 12.0. The van der Waals surface area contributed by atoms with E-state index in [1.807, 2.05) is 32.0 Å². The van der Waals surface area contributed by atoms with Gasteiger partial charge < -0.3 is 25.0 Å². The Balaban J connectivity index is 1.40. The number of carbonyl (C=O) groups excluding carboxylic acids is 1. The average molecular weight is 487 g/mol. The number of morpholine rings is 1. The summed E-state index contributed by atoms with van der Waals surface area (Å²) in [4.78, 5) is 22.9. The van der Waals surface area contributed by atoms with E-state index < -0.39 is 0 Å². The highest BCUT2D eigenvalue weighted by Crippen LogP contribution is 2.26. The summed E-state index contributed by atoms with van der Waals surface area (Å²) >= 11 is 0. The van der Waals surface area contributed by atoms with E-state index in [1.165, 1.54) is 0 Å². The summed E-state index contributed by atoms with van der Waals surface area (Å²) in [5.41, 5.74) is 3.90. The van der Waals surface area contributed by atoms with Gasteiger partial charge in [0.15, 0.2) is 0 Å². The van der Waals surface area contributed by atoms with Crippen molar-refractivity contribution in [2.75, 3.05) is 49.7 Å². The molecule has 9 heteroatoms. The molecule has 0 saturated carbocycles. The second-order valence-corrected chi connectivity index (χ2v) is 8.65. The molecule has 2 aromatic carbocycles. The van der Waals surface area contributed by atoms with E-state index in [2.05, 4.69) is 43.7 Å². The van der Waals surface area contributed by atoms with Crippen LogP contribution in [0.15, 0.2) is 54.7 Å². The highest BCUT2D eigenvalue weighted by atomic mass is 16.5. The SMILES string of the molecule is CC(C)C(=O)NCCOc1ccc(-c2ccnc(Nc3ccc(N4CCOCC4)cc3)n2)cc1C#N. The zero-order valence-electron chi connectivity index (χ0n) is 20.5. The van der Waals surface area contributed by atoms with Crippen LogP contribution < -0.4 is 20.3 Å². The molecule has 4 rings (SSSR count). The van der Waals surface area contributed by atoms with Crippen molar-refractivity contribution in [2.24, 2.45) is 5.92 Å². The van der Waals surface area contributed by atoms with Gasteiger partial charge in [0.05, 0.1) is 31.0 Å². The molecule has 186 valence electrons. The Bertz CT molecular complexity index is 1220. The number of nitrogens with one attached hydrogen (secondary N) is 2. The minimum atomic E-state index is -0.0827. The molecule has 0 bridgehead atoms. The van der Waals surface area contributed by atoms with Gasteiger partial charge in [-0.05, 0) is 48.5 Å². The zero-order valence-corrected chi connectivity index (χ0v) is 20.5. The second kappa shape index (κ2) is 12.0. The highest BCUT2D eigenvalue weighted by molar-refractivity contribution is 5.77. The van der Waals surface area contributed by atoms with Crippen LogP contribution in [0.3, 0.4) is 0 Å². The Morgan fingerprint density at radius 1 is 1.17 bits per heavy atom. The van der Waals surface area contributed by atoms with Crippen LogP contribution in [0.1, 0.15) is 19.4 Å². The molecular weight excluding hydrogens is 456 g/mol. The molecule has 1 aliphatic heterocycles. The van der Waals surface area contributed by atoms with E-state index in [9.17, 15) is 10.1 Å². The molecule has 1 fully saturated rings. The Labute approximate surface area is 211 Å². The van der Waals surface area contributed by atoms with E-state index in [0.29, 0.717) is 29.5 Å². The normalized spacial score (nSPS) is 13.2. The average Bonchev–Trinajstić information content (AvgIpc) is 2.92. The molecule has 0 spiro atoms. The van der Waals surface area contributed by atoms with Gasteiger partial charge in [-0.3, -0.25) is 4.79 Å². The monoisotopic (exact) mass is 486 g/mol. The predicted molar refractivity (Wildman–Crippen MR) is 138 cm³/mol. The summed E-state index contributed by atoms with van der Waals surface area (Å²) in [6.45, 7) is 7.59. The minimum Gasteiger partial charge on any atom is -0.490 e. The van der Waals surface area contributed by atoms with Crippen molar-refractivity contribution in [3.8, 4) is 23.1 Å². The number of rotatable bonds is 9. The zero-order chi connectivity index (χ0) is 25.3. The van der Waals surface area contributed by atoms with Crippen LogP contribution >= 0.6 is 0 Å². The molecule has 0 atom stereocenters. The topological polar surface area (TPSA) is 112 Å². The Hall–Kier alpha value is -4.16. The van der Waals surface area contributed by atoms with Crippen LogP contribution in [0.5, 0.6) is 5.75 Å². The second-order valence-electron chi connectivity index (χ2n) is 8.65. The first kappa shape index (κ1) is 24.9. The number of nitrogens with zero attached hydrogens (tertiary/aromatic N) is 4. The molecule has 0 radical (unpaired) electrons. The van der Waals surface area contributed by atoms with Crippen molar-refractivity contribution in [2.45, 2.75) is 13.8 Å². The van der Waals surface area contributed by atoms with Gasteiger partial charge in [-0.25, -0.2) is 9.97 Å². The molecule has 2 N–H and O–H groups in total. The van der Waals surface area contributed by atoms with Gasteiger partial charge in [0.2, 0.25) is 11.9 Å². The van der Waals surface area contributed by atoms with E-state index in [0.717, 1.165) is 43.2 Å². The lowest BCUT2D eigenvalue weighted by atomic mass is 10.1. The Morgan fingerprint density at radius 2 is 1.94 bits per heavy atom. The largest absolute Gasteiger partial charge is 0.490 e. The number of nitriles is 1. The standard InChI is InChI=1S/C27H30N6O3/c1-19(2)26(34)29-11-14-36-25-8-3-20(17-21(25)18-28)24-9-10-30-27(32-24)31-22-4-6-23(7-5-22)33-12-15-35-16-13-33/h3-10,17,19H,11-16H2,1-2H3,(H,29,34)(H,30,31,32). The van der Waals surface area contributed by atoms with Crippen LogP contribution in [0, 0.1) is 17.2 Å². The molecule has 0 aliphatic carbocycles. The van der Waals surface area contributed by atoms with Gasteiger partial charge in [0.1, 0.15) is 18.4 Å². The van der Waals surface area contributed by atoms with Crippen LogP contribution in [0.25, 0.3) is 11.3 Å². The van der Waals surface area contributed by atoms with Crippen molar-refractivity contribution in [1.29, 1.82) is 5.26 Å². The number of ether oxygens (including phenoxy) is 2. The number of benzene rings is 2. The fourth-order valence-electron chi connectivity index (χ4n) is 3.73. The van der Waals surface area contributed by atoms with Gasteiger partial charge in [-0.2, -0.15) is 5.26 Å². The van der Waals surface area contributed by atoms with Gasteiger partial charge in [-0.1, -0.05) is 13.8 Å². The summed E-state index contributed by atoms with van der Waals surface area (Å²) in [5.74, 6) is 0.815. The fourth-order valence-corrected chi connectivity index (χ4v) is 3.73. The number of anilines is 3. The summed E-state index contributed by atoms with van der Waals surface area (Å²) in [6, 6.07) is 17.5. The third kappa shape index (κ3) is 6.49. The maximum Gasteiger partial charge on any atom is 0.227 e. The lowest BCUT2D eigenvalue weighted by Crippen LogP contribution is -2.36. The molecule has 1 aromatic heterocycles. The third-order valence-electron chi connectivity index (χ3n) is 5.73. The fraction of sp³-hybridized carbons (Fsp3) is 0.333. The van der Waals surface area contributed by atoms with Crippen molar-refractivity contribution in [1.82, 2.24) is 15.3 Å². The van der Waals surface area contributed by atoms with Gasteiger partial charge in [0.25, 0.3) is 0 Å². The summed E-state index contributed by atoms with van der Waals surface area (Å²) in [7, 11) is 0. The number of hydrogen-bond acceptors (Lipinski definition) is 8. The predicted octanol–water partition coefficient (Wildman–Crippen LogP) is 3.75. The molecule has 36 heavy (non-hydrogen) atoms. The van der Waals surface area contributed by atoms with Crippen LogP contribution in [-0.4, -0.2) is 55.3 Å². The van der Waals surface area contributed by atoms with E-state index in [-0.39, 0.29) is 18.4 Å². The van der Waals surface area contributed by atoms with Gasteiger partial charge in [0, 0.05) is 42.1 Å². The summed E-state index contributed by atoms with van der Waals surface area (Å²) in [6.07, 6.45) is 1.68. The first-order chi connectivity index (χ1) is 17.5. The Morgan fingerprint density at radius 3 is 2.67 bits per heavy atom. The summed E-state index contributed by atoms with van der Waals surface area (Å²) in [5, 5.41) is 15.7. The maximum absolute atomic E-state index is 11.7. The molecular formula is C27H30N6O3. The molecule has 1 aliphatic rings. The van der Waals surface area contributed by atoms with Crippen molar-refractivity contribution < 1.29 is 14.3 Å². The molecule has 1 amide bonds. The van der Waals surface area contributed by atoms with Crippen LogP contribution in [0.4, 0.5) is 17.3 Å². The molecule has 0 unspecified atom stereocenters. The Kier molecular flexibility index (Phi) is 8.32. The lowest BCUT2D eigenvalue weighted by Gasteiger charge is -2.28. The maximum atomic E-state index is 11.7. The van der Waals surface area contributed by atoms with E-state index in [4.69, 9.17) is 9.47 Å². The minimum absolute atomic E-state index is 0.0318. The number of amides is 1. The molecule has 9 nitrogen and oxygen atoms in total. The molecule has 1 saturated heterocycles. The van der Waals surface area contributed by atoms with Gasteiger partial charge in [-0.15, -0.1) is 0 Å². The third-order valence-corrected chi connectivity index (χ3v) is 5.73. The highest BCUT2D eigenvalue weighted by Gasteiger charge is 2.12. The van der Waals surface area contributed by atoms with E-state index in [1.54, 1.807) is 24.4 Å². The molecule has 2 heterocycles. The van der Waals surface area contributed by atoms with Crippen LogP contribution in [0.2, 0.25) is 0 Å². The number of hydrogen-bond donors (Lipinski definition) is 2. The van der Waals surface area contributed by atoms with Crippen molar-refractivity contribution in [3.63, 3.8) is 0 Å². The number of aromatic nitrogens is 2. The van der Waals surface area contributed by atoms with Crippen LogP contribution in [-0.2, 0) is 9.53 Å².